The first-order chi connectivity index (χ1) is 11.7. The van der Waals surface area contributed by atoms with E-state index in [0.29, 0.717) is 0 Å². The number of rotatable bonds is 6. The first kappa shape index (κ1) is 16.3. The predicted molar refractivity (Wildman–Crippen MR) is 90.7 cm³/mol. The second-order valence-corrected chi connectivity index (χ2v) is 5.99. The van der Waals surface area contributed by atoms with E-state index >= 15 is 0 Å². The van der Waals surface area contributed by atoms with Crippen LogP contribution in [0.15, 0.2) is 48.8 Å². The average Bonchev–Trinajstić information content (AvgIpc) is 3.04. The summed E-state index contributed by atoms with van der Waals surface area (Å²) in [6.45, 7) is 4.56. The van der Waals surface area contributed by atoms with Crippen molar-refractivity contribution >= 4 is 0 Å². The molecule has 0 amide bonds. The molecule has 3 rings (SSSR count). The third-order valence-corrected chi connectivity index (χ3v) is 3.99. The Kier molecular flexibility index (Phi) is 5.29. The van der Waals surface area contributed by atoms with Crippen molar-refractivity contribution in [3.8, 4) is 17.6 Å². The van der Waals surface area contributed by atoms with Crippen LogP contribution < -0.4 is 9.47 Å². The molecule has 1 fully saturated rings. The Morgan fingerprint density at radius 3 is 2.83 bits per heavy atom. The Balaban J connectivity index is 1.49. The van der Waals surface area contributed by atoms with Gasteiger partial charge in [0.2, 0.25) is 0 Å². The molecule has 2 unspecified atom stereocenters. The van der Waals surface area contributed by atoms with E-state index in [-0.39, 0.29) is 6.10 Å². The molecule has 1 aromatic carbocycles. The summed E-state index contributed by atoms with van der Waals surface area (Å²) >= 11 is 0. The maximum Gasteiger partial charge on any atom is 0.181 e. The molecule has 1 saturated heterocycles. The molecule has 5 nitrogen and oxygen atoms in total. The molecule has 1 aliphatic rings. The lowest BCUT2D eigenvalue weighted by atomic mass is 10.2. The minimum Gasteiger partial charge on any atom is -0.487 e. The van der Waals surface area contributed by atoms with Crippen molar-refractivity contribution in [2.45, 2.75) is 32.1 Å². The molecule has 2 heterocycles. The lowest BCUT2D eigenvalue weighted by Gasteiger charge is -2.17. The third-order valence-electron chi connectivity index (χ3n) is 3.99. The largest absolute Gasteiger partial charge is 0.487 e. The maximum absolute atomic E-state index is 8.77. The van der Waals surface area contributed by atoms with Gasteiger partial charge in [0.1, 0.15) is 23.7 Å². The highest BCUT2D eigenvalue weighted by Gasteiger charge is 2.24. The number of aromatic nitrogens is 1. The van der Waals surface area contributed by atoms with E-state index in [9.17, 15) is 0 Å². The lowest BCUT2D eigenvalue weighted by Crippen LogP contribution is -2.24. The van der Waals surface area contributed by atoms with Gasteiger partial charge in [-0.25, -0.2) is 0 Å². The standard InChI is InChI=1S/C19H21N3O2/c1-15(11-20)23-17-6-4-16(5-7-17)13-22-10-8-19(14-22)24-18-3-2-9-21-12-18/h2-7,9,12,15,19H,8,10,13-14H2,1H3. The van der Waals surface area contributed by atoms with Gasteiger partial charge in [-0.15, -0.1) is 0 Å². The van der Waals surface area contributed by atoms with E-state index in [0.717, 1.165) is 37.6 Å². The number of benzene rings is 1. The molecule has 0 saturated carbocycles. The van der Waals surface area contributed by atoms with Crippen LogP contribution >= 0.6 is 0 Å². The van der Waals surface area contributed by atoms with Crippen molar-refractivity contribution in [3.63, 3.8) is 0 Å². The zero-order chi connectivity index (χ0) is 16.8. The monoisotopic (exact) mass is 323 g/mol. The van der Waals surface area contributed by atoms with Gasteiger partial charge in [0.25, 0.3) is 0 Å². The van der Waals surface area contributed by atoms with Gasteiger partial charge in [0, 0.05) is 25.8 Å². The van der Waals surface area contributed by atoms with E-state index < -0.39 is 6.10 Å². The second-order valence-electron chi connectivity index (χ2n) is 5.99. The Morgan fingerprint density at radius 1 is 1.29 bits per heavy atom. The Labute approximate surface area is 142 Å². The minimum atomic E-state index is -0.431. The van der Waals surface area contributed by atoms with E-state index in [1.807, 2.05) is 24.3 Å². The summed E-state index contributed by atoms with van der Waals surface area (Å²) in [6.07, 6.45) is 4.31. The molecule has 124 valence electrons. The first-order valence-corrected chi connectivity index (χ1v) is 8.17. The van der Waals surface area contributed by atoms with Gasteiger partial charge in [-0.2, -0.15) is 5.26 Å². The summed E-state index contributed by atoms with van der Waals surface area (Å²) in [4.78, 5) is 6.46. The van der Waals surface area contributed by atoms with Gasteiger partial charge in [-0.05, 0) is 43.2 Å². The number of nitrogens with zero attached hydrogens (tertiary/aromatic N) is 3. The quantitative estimate of drug-likeness (QED) is 0.818. The van der Waals surface area contributed by atoms with E-state index in [1.54, 1.807) is 19.3 Å². The molecule has 0 radical (unpaired) electrons. The van der Waals surface area contributed by atoms with Crippen LogP contribution in [0.5, 0.6) is 11.5 Å². The topological polar surface area (TPSA) is 58.4 Å². The molecule has 0 aliphatic carbocycles. The molecule has 24 heavy (non-hydrogen) atoms. The molecule has 0 spiro atoms. The number of hydrogen-bond donors (Lipinski definition) is 0. The molecule has 0 bridgehead atoms. The van der Waals surface area contributed by atoms with Crippen LogP contribution in [0.4, 0.5) is 0 Å². The first-order valence-electron chi connectivity index (χ1n) is 8.17. The highest BCUT2D eigenvalue weighted by atomic mass is 16.5. The number of pyridine rings is 1. The van der Waals surface area contributed by atoms with Crippen molar-refractivity contribution in [1.29, 1.82) is 5.26 Å². The summed E-state index contributed by atoms with van der Waals surface area (Å²) in [5, 5.41) is 8.77. The molecule has 2 atom stereocenters. The highest BCUT2D eigenvalue weighted by Crippen LogP contribution is 2.20. The fraction of sp³-hybridized carbons (Fsp3) is 0.368. The van der Waals surface area contributed by atoms with Crippen molar-refractivity contribution < 1.29 is 9.47 Å². The summed E-state index contributed by atoms with van der Waals surface area (Å²) in [5.74, 6) is 1.56. The molecular formula is C19H21N3O2. The highest BCUT2D eigenvalue weighted by molar-refractivity contribution is 5.28. The van der Waals surface area contributed by atoms with Crippen LogP contribution in [0.1, 0.15) is 18.9 Å². The molecule has 1 aromatic heterocycles. The third kappa shape index (κ3) is 4.46. The van der Waals surface area contributed by atoms with E-state index in [1.165, 1.54) is 5.56 Å². The summed E-state index contributed by atoms with van der Waals surface area (Å²) < 4.78 is 11.4. The van der Waals surface area contributed by atoms with Gasteiger partial charge in [0.15, 0.2) is 6.10 Å². The second kappa shape index (κ2) is 7.80. The Bertz CT molecular complexity index is 682. The van der Waals surface area contributed by atoms with Crippen molar-refractivity contribution in [3.05, 3.63) is 54.4 Å². The summed E-state index contributed by atoms with van der Waals surface area (Å²) in [7, 11) is 0. The molecule has 5 heteroatoms. The van der Waals surface area contributed by atoms with Gasteiger partial charge < -0.3 is 9.47 Å². The fourth-order valence-electron chi connectivity index (χ4n) is 2.81. The van der Waals surface area contributed by atoms with E-state index in [4.69, 9.17) is 14.7 Å². The summed E-state index contributed by atoms with van der Waals surface area (Å²) in [6, 6.07) is 13.8. The fourth-order valence-corrected chi connectivity index (χ4v) is 2.81. The van der Waals surface area contributed by atoms with Gasteiger partial charge in [-0.3, -0.25) is 9.88 Å². The number of likely N-dealkylation sites (tertiary alicyclic amines) is 1. The van der Waals surface area contributed by atoms with Crippen LogP contribution in [0.25, 0.3) is 0 Å². The maximum atomic E-state index is 8.77. The number of hydrogen-bond acceptors (Lipinski definition) is 5. The van der Waals surface area contributed by atoms with Gasteiger partial charge in [-0.1, -0.05) is 12.1 Å². The Morgan fingerprint density at radius 2 is 2.12 bits per heavy atom. The van der Waals surface area contributed by atoms with Crippen LogP contribution in [0.3, 0.4) is 0 Å². The smallest absolute Gasteiger partial charge is 0.181 e. The van der Waals surface area contributed by atoms with Crippen molar-refractivity contribution in [2.24, 2.45) is 0 Å². The van der Waals surface area contributed by atoms with Crippen LogP contribution in [-0.4, -0.2) is 35.2 Å². The van der Waals surface area contributed by atoms with Crippen LogP contribution in [0, 0.1) is 11.3 Å². The number of ether oxygens (including phenoxy) is 2. The molecule has 1 aliphatic heterocycles. The lowest BCUT2D eigenvalue weighted by molar-refractivity contribution is 0.197. The average molecular weight is 323 g/mol. The normalized spacial score (nSPS) is 18.8. The van der Waals surface area contributed by atoms with Crippen molar-refractivity contribution in [1.82, 2.24) is 9.88 Å². The molecule has 2 aromatic rings. The summed E-state index contributed by atoms with van der Waals surface area (Å²) in [5.41, 5.74) is 1.23. The minimum absolute atomic E-state index is 0.216. The van der Waals surface area contributed by atoms with Crippen LogP contribution in [0.2, 0.25) is 0 Å². The van der Waals surface area contributed by atoms with Gasteiger partial charge in [0.05, 0.1) is 6.20 Å². The van der Waals surface area contributed by atoms with Crippen LogP contribution in [-0.2, 0) is 6.54 Å². The van der Waals surface area contributed by atoms with E-state index in [2.05, 4.69) is 28.1 Å². The zero-order valence-corrected chi connectivity index (χ0v) is 13.8. The SMILES string of the molecule is CC(C#N)Oc1ccc(CN2CCC(Oc3cccnc3)C2)cc1. The number of nitriles is 1. The molecular weight excluding hydrogens is 302 g/mol. The van der Waals surface area contributed by atoms with Crippen molar-refractivity contribution in [2.75, 3.05) is 13.1 Å². The Hall–Kier alpha value is -2.58. The van der Waals surface area contributed by atoms with Gasteiger partial charge >= 0.3 is 0 Å². The zero-order valence-electron chi connectivity index (χ0n) is 13.8. The molecule has 0 N–H and O–H groups in total. The predicted octanol–water partition coefficient (Wildman–Crippen LogP) is 3.03.